The molecule has 0 unspecified atom stereocenters. The van der Waals surface area contributed by atoms with E-state index in [-0.39, 0.29) is 35.9 Å². The standard InChI is InChI=1S/C39H69N5O8S/c1-8-10-16-30(32(45)35(47)40-28-17-18-28)41-34(46)31-29(27(3)4)19-22-44(31)36(48)33(38(5,6)7)42-37(49)43-39(20-13-12-14-21-39)26-53(50,51)25-15-24-52-23-11-9-2/h27-31,33H,8-26H2,1-7H3,(H,40,47)(H,41,46)(H2,42,43,49)/t29-,30+,31+,33-/m1/s1. The number of hydrogen-bond acceptors (Lipinski definition) is 8. The summed E-state index contributed by atoms with van der Waals surface area (Å²) >= 11 is 0. The van der Waals surface area contributed by atoms with E-state index in [1.807, 2.05) is 41.5 Å². The van der Waals surface area contributed by atoms with Crippen LogP contribution < -0.4 is 21.3 Å². The Morgan fingerprint density at radius 1 is 0.887 bits per heavy atom. The van der Waals surface area contributed by atoms with Gasteiger partial charge in [0.25, 0.3) is 5.91 Å². The second kappa shape index (κ2) is 20.3. The fourth-order valence-corrected chi connectivity index (χ4v) is 9.56. The van der Waals surface area contributed by atoms with Gasteiger partial charge in [-0.2, -0.15) is 0 Å². The van der Waals surface area contributed by atoms with Gasteiger partial charge in [-0.25, -0.2) is 13.2 Å². The van der Waals surface area contributed by atoms with E-state index in [1.165, 1.54) is 4.90 Å². The minimum atomic E-state index is -3.52. The van der Waals surface area contributed by atoms with Gasteiger partial charge in [-0.1, -0.05) is 87.0 Å². The Labute approximate surface area is 318 Å². The summed E-state index contributed by atoms with van der Waals surface area (Å²) in [4.78, 5) is 69.9. The summed E-state index contributed by atoms with van der Waals surface area (Å²) in [5.41, 5.74) is -1.73. The Balaban J connectivity index is 1.78. The molecule has 3 aliphatic rings. The molecule has 13 nitrogen and oxygen atoms in total. The van der Waals surface area contributed by atoms with Gasteiger partial charge in [0.05, 0.1) is 23.1 Å². The smallest absolute Gasteiger partial charge is 0.315 e. The monoisotopic (exact) mass is 767 g/mol. The van der Waals surface area contributed by atoms with E-state index in [9.17, 15) is 32.4 Å². The third-order valence-electron chi connectivity index (χ3n) is 10.9. The summed E-state index contributed by atoms with van der Waals surface area (Å²) in [7, 11) is -3.52. The molecule has 1 aliphatic heterocycles. The molecule has 4 N–H and O–H groups in total. The van der Waals surface area contributed by atoms with Crippen LogP contribution in [0.4, 0.5) is 4.79 Å². The van der Waals surface area contributed by atoms with Crippen LogP contribution in [0.25, 0.3) is 0 Å². The second-order valence-corrected chi connectivity index (χ2v) is 19.3. The Kier molecular flexibility index (Phi) is 17.1. The predicted molar refractivity (Wildman–Crippen MR) is 206 cm³/mol. The lowest BCUT2D eigenvalue weighted by Gasteiger charge is -2.40. The third-order valence-corrected chi connectivity index (χ3v) is 12.8. The van der Waals surface area contributed by atoms with Crippen molar-refractivity contribution >= 4 is 39.4 Å². The van der Waals surface area contributed by atoms with E-state index in [1.54, 1.807) is 0 Å². The lowest BCUT2D eigenvalue weighted by atomic mass is 9.83. The molecule has 5 amide bonds. The van der Waals surface area contributed by atoms with Crippen molar-refractivity contribution in [1.82, 2.24) is 26.2 Å². The van der Waals surface area contributed by atoms with E-state index < -0.39 is 68.5 Å². The number of ketones is 1. The van der Waals surface area contributed by atoms with Crippen molar-refractivity contribution in [3.8, 4) is 0 Å². The van der Waals surface area contributed by atoms with E-state index in [4.69, 9.17) is 4.74 Å². The van der Waals surface area contributed by atoms with Crippen LogP contribution in [0.5, 0.6) is 0 Å². The Bertz CT molecular complexity index is 1350. The van der Waals surface area contributed by atoms with Crippen LogP contribution in [0.3, 0.4) is 0 Å². The normalized spacial score (nSPS) is 21.5. The lowest BCUT2D eigenvalue weighted by molar-refractivity contribution is -0.145. The zero-order valence-electron chi connectivity index (χ0n) is 33.5. The maximum absolute atomic E-state index is 14.5. The molecule has 2 aliphatic carbocycles. The first kappa shape index (κ1) is 44.7. The highest BCUT2D eigenvalue weighted by atomic mass is 32.2. The van der Waals surface area contributed by atoms with Crippen LogP contribution in [-0.2, 0) is 33.8 Å². The fraction of sp³-hybridized carbons (Fsp3) is 0.872. The predicted octanol–water partition coefficient (Wildman–Crippen LogP) is 4.42. The van der Waals surface area contributed by atoms with Gasteiger partial charge in [0, 0.05) is 25.8 Å². The number of urea groups is 1. The SMILES string of the molecule is CCCCOCCCS(=O)(=O)CC1(NC(=O)N[C@H](C(=O)N2CC[C@H](C(C)C)[C@H]2C(=O)N[C@@H](CCCC)C(=O)C(=O)NC2CC2)C(C)(C)C)CCCCC1. The molecule has 1 heterocycles. The molecule has 4 atom stereocenters. The molecule has 1 saturated heterocycles. The first-order valence-electron chi connectivity index (χ1n) is 20.3. The number of carbonyl (C=O) groups excluding carboxylic acids is 5. The summed E-state index contributed by atoms with van der Waals surface area (Å²) in [5.74, 6) is -2.67. The summed E-state index contributed by atoms with van der Waals surface area (Å²) in [6.45, 7) is 14.8. The average molecular weight is 768 g/mol. The number of carbonyl (C=O) groups is 5. The molecule has 0 aromatic heterocycles. The van der Waals surface area contributed by atoms with Gasteiger partial charge >= 0.3 is 6.03 Å². The van der Waals surface area contributed by atoms with Crippen molar-refractivity contribution in [1.29, 1.82) is 0 Å². The second-order valence-electron chi connectivity index (χ2n) is 17.1. The van der Waals surface area contributed by atoms with E-state index in [0.717, 1.165) is 51.4 Å². The lowest BCUT2D eigenvalue weighted by Crippen LogP contribution is -2.63. The van der Waals surface area contributed by atoms with Crippen molar-refractivity contribution < 1.29 is 37.1 Å². The number of hydrogen-bond donors (Lipinski definition) is 4. The van der Waals surface area contributed by atoms with Gasteiger partial charge in [0.1, 0.15) is 12.1 Å². The quantitative estimate of drug-likeness (QED) is 0.0979. The molecule has 304 valence electrons. The summed E-state index contributed by atoms with van der Waals surface area (Å²) in [6.07, 6.45) is 9.80. The fourth-order valence-electron chi connectivity index (χ4n) is 7.65. The van der Waals surface area contributed by atoms with E-state index in [0.29, 0.717) is 51.7 Å². The van der Waals surface area contributed by atoms with Gasteiger partial charge in [-0.3, -0.25) is 19.2 Å². The number of ether oxygens (including phenoxy) is 1. The number of Topliss-reactive ketones (excluding diaryl/α,β-unsaturated/α-hetero) is 1. The van der Waals surface area contributed by atoms with E-state index >= 15 is 0 Å². The largest absolute Gasteiger partial charge is 0.381 e. The number of rotatable bonds is 21. The van der Waals surface area contributed by atoms with Gasteiger partial charge in [0.15, 0.2) is 9.84 Å². The first-order valence-corrected chi connectivity index (χ1v) is 22.1. The molecule has 3 fully saturated rings. The molecule has 0 bridgehead atoms. The zero-order chi connectivity index (χ0) is 39.4. The Morgan fingerprint density at radius 3 is 2.11 bits per heavy atom. The molecule has 2 saturated carbocycles. The minimum Gasteiger partial charge on any atom is -0.381 e. The molecule has 3 rings (SSSR count). The van der Waals surface area contributed by atoms with Gasteiger partial charge in [0.2, 0.25) is 17.6 Å². The summed E-state index contributed by atoms with van der Waals surface area (Å²) in [5, 5.41) is 11.5. The number of nitrogens with one attached hydrogen (secondary N) is 4. The van der Waals surface area contributed by atoms with Gasteiger partial charge in [-0.05, 0) is 68.6 Å². The van der Waals surface area contributed by atoms with Crippen LogP contribution in [-0.4, -0.2) is 104 Å². The van der Waals surface area contributed by atoms with Crippen LogP contribution in [0.2, 0.25) is 0 Å². The number of unbranched alkanes of at least 4 members (excludes halogenated alkanes) is 2. The molecule has 53 heavy (non-hydrogen) atoms. The average Bonchev–Trinajstić information content (AvgIpc) is 3.78. The number of nitrogens with zero attached hydrogens (tertiary/aromatic N) is 1. The van der Waals surface area contributed by atoms with E-state index in [2.05, 4.69) is 28.2 Å². The van der Waals surface area contributed by atoms with Crippen LogP contribution >= 0.6 is 0 Å². The highest BCUT2D eigenvalue weighted by molar-refractivity contribution is 7.91. The zero-order valence-corrected chi connectivity index (χ0v) is 34.3. The molecule has 0 aromatic rings. The van der Waals surface area contributed by atoms with Crippen LogP contribution in [0.1, 0.15) is 138 Å². The molecule has 0 spiro atoms. The van der Waals surface area contributed by atoms with Crippen LogP contribution in [0, 0.1) is 17.3 Å². The van der Waals surface area contributed by atoms with Crippen molar-refractivity contribution in [2.24, 2.45) is 17.3 Å². The highest BCUT2D eigenvalue weighted by Crippen LogP contribution is 2.34. The third kappa shape index (κ3) is 13.8. The van der Waals surface area contributed by atoms with Crippen molar-refractivity contribution in [3.63, 3.8) is 0 Å². The maximum Gasteiger partial charge on any atom is 0.315 e. The number of amides is 5. The molecular weight excluding hydrogens is 699 g/mol. The molecular formula is C39H69N5O8S. The molecule has 0 aromatic carbocycles. The molecule has 14 heteroatoms. The van der Waals surface area contributed by atoms with Gasteiger partial charge in [-0.15, -0.1) is 0 Å². The Hall–Kier alpha value is -2.74. The van der Waals surface area contributed by atoms with Crippen molar-refractivity contribution in [3.05, 3.63) is 0 Å². The summed E-state index contributed by atoms with van der Waals surface area (Å²) < 4.78 is 32.2. The summed E-state index contributed by atoms with van der Waals surface area (Å²) in [6, 6.07) is -3.57. The number of sulfone groups is 1. The first-order chi connectivity index (χ1) is 24.9. The highest BCUT2D eigenvalue weighted by Gasteiger charge is 2.48. The van der Waals surface area contributed by atoms with Crippen molar-refractivity contribution in [2.75, 3.05) is 31.3 Å². The molecule has 0 radical (unpaired) electrons. The maximum atomic E-state index is 14.5. The van der Waals surface area contributed by atoms with Crippen LogP contribution in [0.15, 0.2) is 0 Å². The Morgan fingerprint density at radius 2 is 1.53 bits per heavy atom. The van der Waals surface area contributed by atoms with Gasteiger partial charge < -0.3 is 30.9 Å². The number of likely N-dealkylation sites (tertiary alicyclic amines) is 1. The minimum absolute atomic E-state index is 0.00104. The van der Waals surface area contributed by atoms with Crippen molar-refractivity contribution in [2.45, 2.75) is 168 Å². The topological polar surface area (TPSA) is 180 Å².